The lowest BCUT2D eigenvalue weighted by atomic mass is 10.0. The Balaban J connectivity index is 2.48. The van der Waals surface area contributed by atoms with Gasteiger partial charge < -0.3 is 15.2 Å². The fraction of sp³-hybridized carbons (Fsp3) is 0.333. The summed E-state index contributed by atoms with van der Waals surface area (Å²) in [5.41, 5.74) is 7.32. The summed E-state index contributed by atoms with van der Waals surface area (Å²) in [4.78, 5) is 11.2. The highest BCUT2D eigenvalue weighted by Crippen LogP contribution is 2.39. The van der Waals surface area contributed by atoms with Crippen LogP contribution in [0, 0.1) is 6.42 Å². The molecule has 2 rings (SSSR count). The zero-order valence-electron chi connectivity index (χ0n) is 9.32. The monoisotopic (exact) mass is 220 g/mol. The molecule has 0 heterocycles. The van der Waals surface area contributed by atoms with Gasteiger partial charge in [-0.25, -0.2) is 0 Å². The van der Waals surface area contributed by atoms with Crippen molar-refractivity contribution in [3.8, 4) is 11.5 Å². The second-order valence-corrected chi connectivity index (χ2v) is 3.73. The first kappa shape index (κ1) is 10.8. The molecule has 0 saturated heterocycles. The first-order valence-electron chi connectivity index (χ1n) is 5.04. The second kappa shape index (κ2) is 4.04. The maximum absolute atomic E-state index is 11.2. The Morgan fingerprint density at radius 3 is 2.50 bits per heavy atom. The minimum absolute atomic E-state index is 0.310. The van der Waals surface area contributed by atoms with E-state index >= 15 is 0 Å². The molecule has 0 aliphatic heterocycles. The van der Waals surface area contributed by atoms with Gasteiger partial charge in [0.25, 0.3) is 0 Å². The quantitative estimate of drug-likeness (QED) is 0.827. The number of benzene rings is 1. The molecule has 0 spiro atoms. The number of rotatable bonds is 3. The van der Waals surface area contributed by atoms with Crippen molar-refractivity contribution in [2.45, 2.75) is 12.3 Å². The van der Waals surface area contributed by atoms with Gasteiger partial charge in [0.15, 0.2) is 11.5 Å². The highest BCUT2D eigenvalue weighted by molar-refractivity contribution is 5.85. The number of fused-ring (bicyclic) bond motifs is 1. The predicted molar refractivity (Wildman–Crippen MR) is 59.5 cm³/mol. The molecule has 4 heteroatoms. The van der Waals surface area contributed by atoms with E-state index < -0.39 is 0 Å². The topological polar surface area (TPSA) is 61.6 Å². The van der Waals surface area contributed by atoms with Crippen molar-refractivity contribution in [2.24, 2.45) is 5.73 Å². The van der Waals surface area contributed by atoms with Crippen molar-refractivity contribution < 1.29 is 14.3 Å². The van der Waals surface area contributed by atoms with Crippen molar-refractivity contribution in [2.75, 3.05) is 14.2 Å². The van der Waals surface area contributed by atoms with Crippen LogP contribution in [0.5, 0.6) is 11.5 Å². The molecule has 0 aromatic heterocycles. The molecule has 1 aromatic rings. The summed E-state index contributed by atoms with van der Waals surface area (Å²) in [7, 11) is 3.16. The molecular weight excluding hydrogens is 206 g/mol. The molecule has 0 fully saturated rings. The first-order chi connectivity index (χ1) is 7.67. The van der Waals surface area contributed by atoms with Gasteiger partial charge >= 0.3 is 0 Å². The van der Waals surface area contributed by atoms with E-state index in [0.717, 1.165) is 17.5 Å². The van der Waals surface area contributed by atoms with Crippen molar-refractivity contribution in [1.82, 2.24) is 0 Å². The van der Waals surface area contributed by atoms with E-state index in [4.69, 9.17) is 15.2 Å². The molecule has 4 nitrogen and oxygen atoms in total. The lowest BCUT2D eigenvalue weighted by Crippen LogP contribution is -2.19. The van der Waals surface area contributed by atoms with Gasteiger partial charge in [0.1, 0.15) is 0 Å². The fourth-order valence-corrected chi connectivity index (χ4v) is 2.04. The number of hydrogen-bond donors (Lipinski definition) is 1. The van der Waals surface area contributed by atoms with Crippen LogP contribution >= 0.6 is 0 Å². The van der Waals surface area contributed by atoms with Gasteiger partial charge in [-0.3, -0.25) is 4.79 Å². The number of carbonyl (C=O) groups is 1. The van der Waals surface area contributed by atoms with Crippen LogP contribution in [-0.2, 0) is 11.2 Å². The molecule has 1 radical (unpaired) electrons. The molecule has 1 aliphatic rings. The third-order valence-corrected chi connectivity index (χ3v) is 2.86. The number of primary amides is 1. The number of hydrogen-bond acceptors (Lipinski definition) is 3. The van der Waals surface area contributed by atoms with Crippen LogP contribution in [0.1, 0.15) is 17.0 Å². The van der Waals surface area contributed by atoms with Gasteiger partial charge in [0.05, 0.1) is 20.1 Å². The van der Waals surface area contributed by atoms with Gasteiger partial charge in [-0.2, -0.15) is 0 Å². The second-order valence-electron chi connectivity index (χ2n) is 3.73. The van der Waals surface area contributed by atoms with Crippen molar-refractivity contribution in [1.29, 1.82) is 0 Å². The highest BCUT2D eigenvalue weighted by atomic mass is 16.5. The molecule has 0 saturated carbocycles. The molecule has 1 atom stereocenters. The maximum Gasteiger partial charge on any atom is 0.225 e. The summed E-state index contributed by atoms with van der Waals surface area (Å²) in [6.07, 6.45) is 2.65. The van der Waals surface area contributed by atoms with E-state index in [9.17, 15) is 4.79 Å². The largest absolute Gasteiger partial charge is 0.493 e. The van der Waals surface area contributed by atoms with E-state index in [1.54, 1.807) is 14.2 Å². The van der Waals surface area contributed by atoms with Gasteiger partial charge in [-0.05, 0) is 36.1 Å². The van der Waals surface area contributed by atoms with E-state index in [0.29, 0.717) is 11.5 Å². The van der Waals surface area contributed by atoms with Crippen LogP contribution in [0.4, 0.5) is 0 Å². The number of amides is 1. The zero-order chi connectivity index (χ0) is 11.7. The number of carbonyl (C=O) groups excluding carboxylic acids is 1. The lowest BCUT2D eigenvalue weighted by Gasteiger charge is -2.12. The summed E-state index contributed by atoms with van der Waals surface area (Å²) in [5.74, 6) is 0.670. The van der Waals surface area contributed by atoms with E-state index in [2.05, 4.69) is 0 Å². The van der Waals surface area contributed by atoms with Crippen LogP contribution in [0.15, 0.2) is 12.1 Å². The molecule has 1 aliphatic carbocycles. The lowest BCUT2D eigenvalue weighted by molar-refractivity contribution is -0.118. The SMILES string of the molecule is COc1cc2c(cc1OC)C(C(N)=O)[CH]C2. The summed E-state index contributed by atoms with van der Waals surface area (Å²) >= 11 is 0. The van der Waals surface area contributed by atoms with Gasteiger partial charge in [-0.1, -0.05) is 0 Å². The van der Waals surface area contributed by atoms with Crippen molar-refractivity contribution >= 4 is 5.91 Å². The average Bonchev–Trinajstić information content (AvgIpc) is 2.69. The van der Waals surface area contributed by atoms with Crippen LogP contribution in [0.3, 0.4) is 0 Å². The number of methoxy groups -OCH3 is 2. The zero-order valence-corrected chi connectivity index (χ0v) is 9.32. The normalized spacial score (nSPS) is 18.0. The average molecular weight is 220 g/mol. The Kier molecular flexibility index (Phi) is 2.73. The Morgan fingerprint density at radius 1 is 1.31 bits per heavy atom. The Morgan fingerprint density at radius 2 is 1.94 bits per heavy atom. The Labute approximate surface area is 94.3 Å². The fourth-order valence-electron chi connectivity index (χ4n) is 2.04. The third kappa shape index (κ3) is 1.60. The minimum Gasteiger partial charge on any atom is -0.493 e. The van der Waals surface area contributed by atoms with Crippen molar-refractivity contribution in [3.63, 3.8) is 0 Å². The molecule has 2 N–H and O–H groups in total. The van der Waals surface area contributed by atoms with Crippen LogP contribution in [-0.4, -0.2) is 20.1 Å². The van der Waals surface area contributed by atoms with E-state index in [1.807, 2.05) is 18.6 Å². The summed E-state index contributed by atoms with van der Waals surface area (Å²) in [6, 6.07) is 3.72. The van der Waals surface area contributed by atoms with Crippen LogP contribution in [0.25, 0.3) is 0 Å². The molecule has 16 heavy (non-hydrogen) atoms. The molecule has 0 bridgehead atoms. The first-order valence-corrected chi connectivity index (χ1v) is 5.04. The molecule has 1 amide bonds. The summed E-state index contributed by atoms with van der Waals surface area (Å²) < 4.78 is 10.4. The summed E-state index contributed by atoms with van der Waals surface area (Å²) in [6.45, 7) is 0. The van der Waals surface area contributed by atoms with E-state index in [1.165, 1.54) is 0 Å². The van der Waals surface area contributed by atoms with E-state index in [-0.39, 0.29) is 11.8 Å². The van der Waals surface area contributed by atoms with Crippen molar-refractivity contribution in [3.05, 3.63) is 29.7 Å². The maximum atomic E-state index is 11.2. The standard InChI is InChI=1S/C12H14NO3/c1-15-10-5-7-3-4-8(12(13)14)9(7)6-11(10)16-2/h4-6,8H,3H2,1-2H3,(H2,13,14). The molecule has 1 unspecified atom stereocenters. The summed E-state index contributed by atoms with van der Waals surface area (Å²) in [5, 5.41) is 0. The highest BCUT2D eigenvalue weighted by Gasteiger charge is 2.28. The minimum atomic E-state index is -0.328. The Hall–Kier alpha value is -1.71. The van der Waals surface area contributed by atoms with Gasteiger partial charge in [0, 0.05) is 0 Å². The van der Waals surface area contributed by atoms with Crippen LogP contribution < -0.4 is 15.2 Å². The molecule has 1 aromatic carbocycles. The smallest absolute Gasteiger partial charge is 0.225 e. The number of ether oxygens (including phenoxy) is 2. The molecule has 85 valence electrons. The third-order valence-electron chi connectivity index (χ3n) is 2.86. The number of nitrogens with two attached hydrogens (primary N) is 1. The van der Waals surface area contributed by atoms with Gasteiger partial charge in [-0.15, -0.1) is 0 Å². The predicted octanol–water partition coefficient (Wildman–Crippen LogP) is 1.03. The Bertz CT molecular complexity index is 429. The van der Waals surface area contributed by atoms with Gasteiger partial charge in [0.2, 0.25) is 5.91 Å². The molecular formula is C12H14NO3. The van der Waals surface area contributed by atoms with Crippen LogP contribution in [0.2, 0.25) is 0 Å².